The lowest BCUT2D eigenvalue weighted by molar-refractivity contribution is -0.118. The number of nitrogens with two attached hydrogens (primary N) is 1. The molecule has 2 aromatic carbocycles. The van der Waals surface area contributed by atoms with Gasteiger partial charge in [-0.05, 0) is 34.1 Å². The van der Waals surface area contributed by atoms with Crippen molar-refractivity contribution in [3.8, 4) is 5.75 Å². The van der Waals surface area contributed by atoms with Gasteiger partial charge in [0.1, 0.15) is 5.75 Å². The molecule has 2 aromatic rings. The van der Waals surface area contributed by atoms with Crippen LogP contribution in [-0.4, -0.2) is 12.5 Å². The SMILES string of the molecule is Nc1cc(Cl)c(Cl)cc1OCC(=O)Nc1ccccc1Br. The summed E-state index contributed by atoms with van der Waals surface area (Å²) < 4.78 is 6.14. The maximum atomic E-state index is 11.8. The molecule has 7 heteroatoms. The number of benzene rings is 2. The molecule has 2 rings (SSSR count). The Morgan fingerprint density at radius 1 is 1.24 bits per heavy atom. The van der Waals surface area contributed by atoms with Crippen molar-refractivity contribution in [3.63, 3.8) is 0 Å². The first-order chi connectivity index (χ1) is 9.97. The highest BCUT2D eigenvalue weighted by molar-refractivity contribution is 9.10. The van der Waals surface area contributed by atoms with Crippen LogP contribution in [0.15, 0.2) is 40.9 Å². The fourth-order valence-corrected chi connectivity index (χ4v) is 2.27. The monoisotopic (exact) mass is 388 g/mol. The van der Waals surface area contributed by atoms with Crippen molar-refractivity contribution in [2.24, 2.45) is 0 Å². The van der Waals surface area contributed by atoms with Crippen LogP contribution in [0.2, 0.25) is 10.0 Å². The van der Waals surface area contributed by atoms with Crippen LogP contribution in [0.3, 0.4) is 0 Å². The van der Waals surface area contributed by atoms with E-state index in [-0.39, 0.29) is 12.5 Å². The lowest BCUT2D eigenvalue weighted by atomic mass is 10.3. The Bertz CT molecular complexity index is 680. The van der Waals surface area contributed by atoms with Crippen molar-refractivity contribution in [3.05, 3.63) is 50.9 Å². The van der Waals surface area contributed by atoms with Crippen LogP contribution < -0.4 is 15.8 Å². The van der Waals surface area contributed by atoms with Gasteiger partial charge in [-0.15, -0.1) is 0 Å². The van der Waals surface area contributed by atoms with Crippen LogP contribution in [0.25, 0.3) is 0 Å². The summed E-state index contributed by atoms with van der Waals surface area (Å²) in [6.07, 6.45) is 0. The van der Waals surface area contributed by atoms with Crippen molar-refractivity contribution >= 4 is 56.4 Å². The second-order valence-corrected chi connectivity index (χ2v) is 5.79. The van der Waals surface area contributed by atoms with Crippen LogP contribution in [0.5, 0.6) is 5.75 Å². The van der Waals surface area contributed by atoms with E-state index in [2.05, 4.69) is 21.2 Å². The smallest absolute Gasteiger partial charge is 0.262 e. The minimum Gasteiger partial charge on any atom is -0.482 e. The maximum absolute atomic E-state index is 11.8. The second kappa shape index (κ2) is 7.02. The number of nitrogen functional groups attached to an aromatic ring is 1. The molecular formula is C14H11BrCl2N2O2. The van der Waals surface area contributed by atoms with Gasteiger partial charge in [-0.3, -0.25) is 4.79 Å². The first-order valence-electron chi connectivity index (χ1n) is 5.89. The summed E-state index contributed by atoms with van der Waals surface area (Å²) >= 11 is 15.0. The Balaban J connectivity index is 1.99. The van der Waals surface area contributed by atoms with E-state index in [9.17, 15) is 4.79 Å². The van der Waals surface area contributed by atoms with E-state index in [0.717, 1.165) is 4.47 Å². The molecule has 0 atom stereocenters. The van der Waals surface area contributed by atoms with Gasteiger partial charge in [0.25, 0.3) is 5.91 Å². The summed E-state index contributed by atoms with van der Waals surface area (Å²) in [4.78, 5) is 11.8. The number of halogens is 3. The fraction of sp³-hybridized carbons (Fsp3) is 0.0714. The first-order valence-corrected chi connectivity index (χ1v) is 7.44. The predicted octanol–water partition coefficient (Wildman–Crippen LogP) is 4.36. The third-order valence-corrected chi connectivity index (χ3v) is 3.97. The molecule has 0 fully saturated rings. The summed E-state index contributed by atoms with van der Waals surface area (Å²) in [5.41, 5.74) is 6.72. The molecule has 0 aromatic heterocycles. The summed E-state index contributed by atoms with van der Waals surface area (Å²) in [5.74, 6) is -0.000880. The number of anilines is 2. The van der Waals surface area contributed by atoms with Crippen molar-refractivity contribution in [2.75, 3.05) is 17.7 Å². The van der Waals surface area contributed by atoms with Gasteiger partial charge < -0.3 is 15.8 Å². The molecular weight excluding hydrogens is 379 g/mol. The normalized spacial score (nSPS) is 10.2. The van der Waals surface area contributed by atoms with E-state index >= 15 is 0 Å². The summed E-state index contributed by atoms with van der Waals surface area (Å²) in [6.45, 7) is -0.191. The van der Waals surface area contributed by atoms with Gasteiger partial charge in [0.05, 0.1) is 21.4 Å². The molecule has 0 aliphatic heterocycles. The Hall–Kier alpha value is -1.43. The molecule has 0 heterocycles. The van der Waals surface area contributed by atoms with Gasteiger partial charge >= 0.3 is 0 Å². The minimum absolute atomic E-state index is 0.191. The van der Waals surface area contributed by atoms with E-state index in [1.165, 1.54) is 12.1 Å². The van der Waals surface area contributed by atoms with Gasteiger partial charge in [-0.1, -0.05) is 35.3 Å². The number of hydrogen-bond donors (Lipinski definition) is 2. The van der Waals surface area contributed by atoms with E-state index in [1.54, 1.807) is 6.07 Å². The number of ether oxygens (including phenoxy) is 1. The van der Waals surface area contributed by atoms with Gasteiger partial charge in [-0.2, -0.15) is 0 Å². The van der Waals surface area contributed by atoms with E-state index in [1.807, 2.05) is 18.2 Å². The van der Waals surface area contributed by atoms with Crippen LogP contribution >= 0.6 is 39.1 Å². The molecule has 0 aliphatic carbocycles. The maximum Gasteiger partial charge on any atom is 0.262 e. The predicted molar refractivity (Wildman–Crippen MR) is 89.1 cm³/mol. The number of amides is 1. The van der Waals surface area contributed by atoms with Gasteiger partial charge in [0, 0.05) is 10.5 Å². The molecule has 0 aliphatic rings. The molecule has 0 unspecified atom stereocenters. The van der Waals surface area contributed by atoms with Crippen LogP contribution in [0.4, 0.5) is 11.4 Å². The average molecular weight is 390 g/mol. The van der Waals surface area contributed by atoms with Crippen LogP contribution in [0, 0.1) is 0 Å². The van der Waals surface area contributed by atoms with Gasteiger partial charge in [0.2, 0.25) is 0 Å². The van der Waals surface area contributed by atoms with Gasteiger partial charge in [0.15, 0.2) is 6.61 Å². The quantitative estimate of drug-likeness (QED) is 0.763. The van der Waals surface area contributed by atoms with Crippen molar-refractivity contribution < 1.29 is 9.53 Å². The van der Waals surface area contributed by atoms with Crippen LogP contribution in [-0.2, 0) is 4.79 Å². The lowest BCUT2D eigenvalue weighted by Gasteiger charge is -2.11. The zero-order valence-corrected chi connectivity index (χ0v) is 13.8. The number of carbonyl (C=O) groups is 1. The highest BCUT2D eigenvalue weighted by atomic mass is 79.9. The minimum atomic E-state index is -0.313. The molecule has 4 nitrogen and oxygen atoms in total. The van der Waals surface area contributed by atoms with Crippen molar-refractivity contribution in [1.29, 1.82) is 0 Å². The Morgan fingerprint density at radius 2 is 1.90 bits per heavy atom. The largest absolute Gasteiger partial charge is 0.482 e. The van der Waals surface area contributed by atoms with E-state index in [0.29, 0.717) is 27.2 Å². The summed E-state index contributed by atoms with van der Waals surface area (Å²) in [6, 6.07) is 10.2. The van der Waals surface area contributed by atoms with E-state index in [4.69, 9.17) is 33.7 Å². The highest BCUT2D eigenvalue weighted by Crippen LogP contribution is 2.32. The Kier molecular flexibility index (Phi) is 5.33. The van der Waals surface area contributed by atoms with Crippen molar-refractivity contribution in [1.82, 2.24) is 0 Å². The molecule has 1 amide bonds. The van der Waals surface area contributed by atoms with Gasteiger partial charge in [-0.25, -0.2) is 0 Å². The zero-order valence-electron chi connectivity index (χ0n) is 10.7. The van der Waals surface area contributed by atoms with Crippen molar-refractivity contribution in [2.45, 2.75) is 0 Å². The number of rotatable bonds is 4. The number of nitrogens with one attached hydrogen (secondary N) is 1. The highest BCUT2D eigenvalue weighted by Gasteiger charge is 2.10. The molecule has 0 spiro atoms. The Morgan fingerprint density at radius 3 is 2.62 bits per heavy atom. The third kappa shape index (κ3) is 4.27. The summed E-state index contributed by atoms with van der Waals surface area (Å²) in [5, 5.41) is 3.36. The fourth-order valence-electron chi connectivity index (χ4n) is 1.56. The topological polar surface area (TPSA) is 64.3 Å². The standard InChI is InChI=1S/C14H11BrCl2N2O2/c15-8-3-1-2-4-12(8)19-14(20)7-21-13-6-10(17)9(16)5-11(13)18/h1-6H,7,18H2,(H,19,20). The average Bonchev–Trinajstić information content (AvgIpc) is 2.44. The number of para-hydroxylation sites is 1. The molecule has 110 valence electrons. The molecule has 0 saturated carbocycles. The molecule has 0 bridgehead atoms. The number of carbonyl (C=O) groups excluding carboxylic acids is 1. The molecule has 21 heavy (non-hydrogen) atoms. The second-order valence-electron chi connectivity index (χ2n) is 4.12. The lowest BCUT2D eigenvalue weighted by Crippen LogP contribution is -2.20. The molecule has 3 N–H and O–H groups in total. The molecule has 0 saturated heterocycles. The third-order valence-electron chi connectivity index (χ3n) is 2.56. The van der Waals surface area contributed by atoms with E-state index < -0.39 is 0 Å². The first kappa shape index (κ1) is 15.9. The Labute approximate surface area is 140 Å². The molecule has 0 radical (unpaired) electrons. The zero-order chi connectivity index (χ0) is 15.4. The summed E-state index contributed by atoms with van der Waals surface area (Å²) in [7, 11) is 0. The van der Waals surface area contributed by atoms with Crippen LogP contribution in [0.1, 0.15) is 0 Å². The number of hydrogen-bond acceptors (Lipinski definition) is 3.